The Morgan fingerprint density at radius 2 is 2.07 bits per heavy atom. The number of fused-ring (bicyclic) bond motifs is 1. The van der Waals surface area contributed by atoms with E-state index in [2.05, 4.69) is 0 Å². The topological polar surface area (TPSA) is 74.7 Å². The maximum atomic E-state index is 11.3. The molecule has 0 unspecified atom stereocenters. The van der Waals surface area contributed by atoms with E-state index in [0.717, 1.165) is 0 Å². The summed E-state index contributed by atoms with van der Waals surface area (Å²) >= 11 is 0. The molecule has 80 valence electrons. The van der Waals surface area contributed by atoms with Crippen molar-refractivity contribution in [1.82, 2.24) is 0 Å². The number of anilines is 1. The number of rotatable bonds is 1. The summed E-state index contributed by atoms with van der Waals surface area (Å²) in [6.07, 6.45) is 0.176. The zero-order valence-corrected chi connectivity index (χ0v) is 8.78. The monoisotopic (exact) mass is 227 g/mol. The molecule has 0 aliphatic carbocycles. The lowest BCUT2D eigenvalue weighted by Gasteiger charge is -2.09. The van der Waals surface area contributed by atoms with Crippen molar-refractivity contribution in [2.24, 2.45) is 0 Å². The van der Waals surface area contributed by atoms with Crippen LogP contribution < -0.4 is 4.90 Å². The van der Waals surface area contributed by atoms with Gasteiger partial charge >= 0.3 is 0 Å². The number of carbonyl (C=O) groups excluding carboxylic acids is 1. The molecule has 1 amide bonds. The molecule has 0 atom stereocenters. The normalized spacial score (nSPS) is 15.6. The zero-order chi connectivity index (χ0) is 11.2. The quantitative estimate of drug-likeness (QED) is 0.707. The van der Waals surface area contributed by atoms with Gasteiger partial charge in [-0.3, -0.25) is 9.35 Å². The molecule has 15 heavy (non-hydrogen) atoms. The van der Waals surface area contributed by atoms with E-state index in [1.165, 1.54) is 23.1 Å². The predicted molar refractivity (Wildman–Crippen MR) is 53.4 cm³/mol. The summed E-state index contributed by atoms with van der Waals surface area (Å²) in [5.41, 5.74) is 1.31. The maximum Gasteiger partial charge on any atom is 0.294 e. The number of carbonyl (C=O) groups is 1. The molecule has 0 radical (unpaired) electrons. The Bertz CT molecular complexity index is 535. The van der Waals surface area contributed by atoms with Crippen LogP contribution in [0.4, 0.5) is 5.69 Å². The van der Waals surface area contributed by atoms with Gasteiger partial charge in [0.2, 0.25) is 5.91 Å². The zero-order valence-electron chi connectivity index (χ0n) is 7.97. The van der Waals surface area contributed by atoms with Gasteiger partial charge in [-0.15, -0.1) is 0 Å². The van der Waals surface area contributed by atoms with Crippen molar-refractivity contribution in [3.8, 4) is 0 Å². The molecule has 6 heteroatoms. The highest BCUT2D eigenvalue weighted by Gasteiger charge is 2.25. The van der Waals surface area contributed by atoms with Gasteiger partial charge in [0.25, 0.3) is 10.1 Å². The van der Waals surface area contributed by atoms with Gasteiger partial charge in [-0.05, 0) is 23.8 Å². The van der Waals surface area contributed by atoms with Gasteiger partial charge < -0.3 is 4.90 Å². The molecule has 2 rings (SSSR count). The molecule has 0 fully saturated rings. The number of nitrogens with zero attached hydrogens (tertiary/aromatic N) is 1. The molecule has 5 nitrogen and oxygen atoms in total. The summed E-state index contributed by atoms with van der Waals surface area (Å²) in [5.74, 6) is -0.0857. The van der Waals surface area contributed by atoms with Gasteiger partial charge in [0.05, 0.1) is 11.3 Å². The second kappa shape index (κ2) is 3.04. The lowest BCUT2D eigenvalue weighted by Crippen LogP contribution is -2.20. The lowest BCUT2D eigenvalue weighted by molar-refractivity contribution is -0.117. The van der Waals surface area contributed by atoms with Crippen molar-refractivity contribution < 1.29 is 17.8 Å². The number of hydrogen-bond acceptors (Lipinski definition) is 3. The summed E-state index contributed by atoms with van der Waals surface area (Å²) in [6.45, 7) is 0. The average molecular weight is 227 g/mol. The van der Waals surface area contributed by atoms with Crippen molar-refractivity contribution in [2.75, 3.05) is 11.9 Å². The summed E-state index contributed by atoms with van der Waals surface area (Å²) in [4.78, 5) is 12.6. The Kier molecular flexibility index (Phi) is 2.06. The largest absolute Gasteiger partial charge is 0.315 e. The van der Waals surface area contributed by atoms with E-state index in [4.69, 9.17) is 4.55 Å². The maximum absolute atomic E-state index is 11.3. The molecule has 1 aliphatic heterocycles. The van der Waals surface area contributed by atoms with Crippen molar-refractivity contribution in [3.63, 3.8) is 0 Å². The van der Waals surface area contributed by atoms with Crippen LogP contribution in [0.15, 0.2) is 23.1 Å². The number of amides is 1. The Balaban J connectivity index is 2.56. The molecule has 1 N–H and O–H groups in total. The average Bonchev–Trinajstić information content (AvgIpc) is 2.41. The van der Waals surface area contributed by atoms with Crippen LogP contribution in [-0.2, 0) is 21.3 Å². The second-order valence-electron chi connectivity index (χ2n) is 3.40. The van der Waals surface area contributed by atoms with Crippen LogP contribution in [0.25, 0.3) is 0 Å². The van der Waals surface area contributed by atoms with Crippen molar-refractivity contribution in [1.29, 1.82) is 0 Å². The molecule has 0 bridgehead atoms. The first-order valence-electron chi connectivity index (χ1n) is 4.26. The summed E-state index contributed by atoms with van der Waals surface area (Å²) in [7, 11) is -2.56. The predicted octanol–water partition coefficient (Wildman–Crippen LogP) is 0.452. The molecule has 0 aromatic heterocycles. The molecule has 1 aliphatic rings. The molecule has 1 heterocycles. The van der Waals surface area contributed by atoms with Crippen molar-refractivity contribution in [2.45, 2.75) is 11.3 Å². The summed E-state index contributed by atoms with van der Waals surface area (Å²) in [5, 5.41) is 0. The molecule has 1 aromatic rings. The minimum Gasteiger partial charge on any atom is -0.315 e. The second-order valence-corrected chi connectivity index (χ2v) is 4.82. The molecular formula is C9H9NO4S. The van der Waals surface area contributed by atoms with Crippen LogP contribution in [0.5, 0.6) is 0 Å². The van der Waals surface area contributed by atoms with E-state index < -0.39 is 10.1 Å². The Morgan fingerprint density at radius 3 is 2.67 bits per heavy atom. The van der Waals surface area contributed by atoms with Crippen LogP contribution in [0.2, 0.25) is 0 Å². The summed E-state index contributed by atoms with van der Waals surface area (Å²) < 4.78 is 30.5. The number of benzene rings is 1. The van der Waals surface area contributed by atoms with Gasteiger partial charge in [0.15, 0.2) is 0 Å². The van der Waals surface area contributed by atoms with Crippen LogP contribution in [0.3, 0.4) is 0 Å². The van der Waals surface area contributed by atoms with Crippen molar-refractivity contribution in [3.05, 3.63) is 23.8 Å². The first-order chi connectivity index (χ1) is 6.89. The highest BCUT2D eigenvalue weighted by molar-refractivity contribution is 7.85. The molecule has 0 saturated carbocycles. The lowest BCUT2D eigenvalue weighted by atomic mass is 10.2. The van der Waals surface area contributed by atoms with E-state index in [0.29, 0.717) is 11.3 Å². The Morgan fingerprint density at radius 1 is 1.40 bits per heavy atom. The first-order valence-corrected chi connectivity index (χ1v) is 5.70. The standard InChI is InChI=1S/C9H9NO4S/c1-10-8-3-2-7(15(12,13)14)4-6(8)5-9(10)11/h2-4H,5H2,1H3,(H,12,13,14). The van der Waals surface area contributed by atoms with E-state index in [-0.39, 0.29) is 17.2 Å². The first kappa shape index (κ1) is 10.1. The molecule has 0 spiro atoms. The minimum absolute atomic E-state index is 0.0857. The molecular weight excluding hydrogens is 218 g/mol. The SMILES string of the molecule is CN1C(=O)Cc2cc(S(=O)(=O)O)ccc21. The third-order valence-corrected chi connectivity index (χ3v) is 3.28. The van der Waals surface area contributed by atoms with E-state index >= 15 is 0 Å². The minimum atomic E-state index is -4.19. The van der Waals surface area contributed by atoms with Gasteiger partial charge in [-0.25, -0.2) is 0 Å². The van der Waals surface area contributed by atoms with Crippen LogP contribution in [0, 0.1) is 0 Å². The molecule has 0 saturated heterocycles. The van der Waals surface area contributed by atoms with Crippen molar-refractivity contribution >= 4 is 21.7 Å². The van der Waals surface area contributed by atoms with E-state index in [9.17, 15) is 13.2 Å². The number of hydrogen-bond donors (Lipinski definition) is 1. The Labute approximate surface area is 87.1 Å². The highest BCUT2D eigenvalue weighted by Crippen LogP contribution is 2.29. The number of likely N-dealkylation sites (N-methyl/N-ethyl adjacent to an activating group) is 1. The smallest absolute Gasteiger partial charge is 0.294 e. The highest BCUT2D eigenvalue weighted by atomic mass is 32.2. The van der Waals surface area contributed by atoms with Crippen LogP contribution in [0.1, 0.15) is 5.56 Å². The summed E-state index contributed by atoms with van der Waals surface area (Å²) in [6, 6.07) is 4.12. The third kappa shape index (κ3) is 1.62. The van der Waals surface area contributed by atoms with E-state index in [1.54, 1.807) is 7.05 Å². The van der Waals surface area contributed by atoms with Crippen LogP contribution >= 0.6 is 0 Å². The van der Waals surface area contributed by atoms with E-state index in [1.807, 2.05) is 0 Å². The fourth-order valence-electron chi connectivity index (χ4n) is 1.61. The molecule has 1 aromatic carbocycles. The van der Waals surface area contributed by atoms with Gasteiger partial charge in [0.1, 0.15) is 0 Å². The van der Waals surface area contributed by atoms with Gasteiger partial charge in [0, 0.05) is 12.7 Å². The third-order valence-electron chi connectivity index (χ3n) is 2.43. The fourth-order valence-corrected chi connectivity index (χ4v) is 2.14. The van der Waals surface area contributed by atoms with Crippen LogP contribution in [-0.4, -0.2) is 25.9 Å². The Hall–Kier alpha value is -1.40. The van der Waals surface area contributed by atoms with Gasteiger partial charge in [-0.2, -0.15) is 8.42 Å². The van der Waals surface area contributed by atoms with Gasteiger partial charge in [-0.1, -0.05) is 0 Å². The fraction of sp³-hybridized carbons (Fsp3) is 0.222.